The standard InChI is InChI=1S/C11H15F3N2O2/c1-10(2,9(17)18)4-3-5-16-7-8(6-15-16)11(12,13)14/h6-7H,3-5H2,1-2H3,(H,17,18). The van der Waals surface area contributed by atoms with E-state index in [2.05, 4.69) is 5.10 Å². The predicted octanol–water partition coefficient (Wildman–Crippen LogP) is 2.79. The average Bonchev–Trinajstić information content (AvgIpc) is 2.65. The van der Waals surface area contributed by atoms with E-state index >= 15 is 0 Å². The van der Waals surface area contributed by atoms with Gasteiger partial charge in [0.2, 0.25) is 0 Å². The molecular weight excluding hydrogens is 249 g/mol. The molecule has 1 aromatic rings. The van der Waals surface area contributed by atoms with Gasteiger partial charge in [-0.3, -0.25) is 9.48 Å². The van der Waals surface area contributed by atoms with Crippen LogP contribution in [-0.2, 0) is 17.5 Å². The number of carbonyl (C=O) groups is 1. The molecule has 0 radical (unpaired) electrons. The molecule has 0 amide bonds. The molecule has 102 valence electrons. The Kier molecular flexibility index (Phi) is 4.03. The topological polar surface area (TPSA) is 55.1 Å². The summed E-state index contributed by atoms with van der Waals surface area (Å²) in [7, 11) is 0. The Morgan fingerprint density at radius 1 is 1.44 bits per heavy atom. The van der Waals surface area contributed by atoms with Crippen molar-refractivity contribution in [2.75, 3.05) is 0 Å². The minimum absolute atomic E-state index is 0.271. The maximum atomic E-state index is 12.3. The van der Waals surface area contributed by atoms with Crippen molar-refractivity contribution >= 4 is 5.97 Å². The van der Waals surface area contributed by atoms with E-state index in [0.717, 1.165) is 12.4 Å². The number of halogens is 3. The summed E-state index contributed by atoms with van der Waals surface area (Å²) in [5.74, 6) is -0.918. The van der Waals surface area contributed by atoms with Gasteiger partial charge in [0.1, 0.15) is 0 Å². The van der Waals surface area contributed by atoms with E-state index in [9.17, 15) is 18.0 Å². The van der Waals surface area contributed by atoms with Gasteiger partial charge in [0, 0.05) is 12.7 Å². The van der Waals surface area contributed by atoms with Crippen molar-refractivity contribution in [3.8, 4) is 0 Å². The Morgan fingerprint density at radius 3 is 2.50 bits per heavy atom. The summed E-state index contributed by atoms with van der Waals surface area (Å²) in [5, 5.41) is 12.5. The average molecular weight is 264 g/mol. The summed E-state index contributed by atoms with van der Waals surface area (Å²) in [4.78, 5) is 10.8. The van der Waals surface area contributed by atoms with Crippen LogP contribution < -0.4 is 0 Å². The van der Waals surface area contributed by atoms with Crippen LogP contribution in [0.15, 0.2) is 12.4 Å². The van der Waals surface area contributed by atoms with Gasteiger partial charge in [-0.15, -0.1) is 0 Å². The first-order valence-corrected chi connectivity index (χ1v) is 5.46. The lowest BCUT2D eigenvalue weighted by Gasteiger charge is -2.18. The molecule has 1 rings (SSSR count). The normalized spacial score (nSPS) is 12.7. The van der Waals surface area contributed by atoms with Crippen molar-refractivity contribution in [2.45, 2.75) is 39.4 Å². The van der Waals surface area contributed by atoms with Crippen LogP contribution in [0.1, 0.15) is 32.3 Å². The van der Waals surface area contributed by atoms with Crippen LogP contribution in [0.5, 0.6) is 0 Å². The van der Waals surface area contributed by atoms with Gasteiger partial charge < -0.3 is 5.11 Å². The largest absolute Gasteiger partial charge is 0.481 e. The van der Waals surface area contributed by atoms with E-state index in [-0.39, 0.29) is 6.54 Å². The molecular formula is C11H15F3N2O2. The maximum absolute atomic E-state index is 12.3. The van der Waals surface area contributed by atoms with Gasteiger partial charge in [-0.1, -0.05) is 0 Å². The van der Waals surface area contributed by atoms with Gasteiger partial charge in [0.05, 0.1) is 17.2 Å². The van der Waals surface area contributed by atoms with Crippen molar-refractivity contribution < 1.29 is 23.1 Å². The zero-order valence-electron chi connectivity index (χ0n) is 10.2. The summed E-state index contributed by atoms with van der Waals surface area (Å²) < 4.78 is 38.0. The van der Waals surface area contributed by atoms with Crippen LogP contribution in [0.2, 0.25) is 0 Å². The molecule has 7 heteroatoms. The van der Waals surface area contributed by atoms with Crippen molar-refractivity contribution in [3.63, 3.8) is 0 Å². The van der Waals surface area contributed by atoms with Crippen LogP contribution >= 0.6 is 0 Å². The van der Waals surface area contributed by atoms with Crippen molar-refractivity contribution in [2.24, 2.45) is 5.41 Å². The molecule has 0 spiro atoms. The Balaban J connectivity index is 2.51. The highest BCUT2D eigenvalue weighted by atomic mass is 19.4. The fraction of sp³-hybridized carbons (Fsp3) is 0.636. The zero-order valence-corrected chi connectivity index (χ0v) is 10.2. The molecule has 0 aromatic carbocycles. The Labute approximate surface area is 102 Å². The lowest BCUT2D eigenvalue weighted by Crippen LogP contribution is -2.23. The summed E-state index contributed by atoms with van der Waals surface area (Å²) in [6.07, 6.45) is -1.86. The number of aryl methyl sites for hydroxylation is 1. The molecule has 0 bridgehead atoms. The predicted molar refractivity (Wildman–Crippen MR) is 57.9 cm³/mol. The SMILES string of the molecule is CC(C)(CCCn1cc(C(F)(F)F)cn1)C(=O)O. The number of hydrogen-bond donors (Lipinski definition) is 1. The lowest BCUT2D eigenvalue weighted by atomic mass is 9.88. The minimum atomic E-state index is -4.39. The van der Waals surface area contributed by atoms with Gasteiger partial charge in [-0.25, -0.2) is 0 Å². The van der Waals surface area contributed by atoms with E-state index in [1.54, 1.807) is 13.8 Å². The zero-order chi connectivity index (χ0) is 14.0. The number of nitrogens with zero attached hydrogens (tertiary/aromatic N) is 2. The van der Waals surface area contributed by atoms with E-state index in [4.69, 9.17) is 5.11 Å². The molecule has 0 saturated heterocycles. The smallest absolute Gasteiger partial charge is 0.419 e. The molecule has 0 saturated carbocycles. The lowest BCUT2D eigenvalue weighted by molar-refractivity contribution is -0.147. The van der Waals surface area contributed by atoms with Gasteiger partial charge in [0.15, 0.2) is 0 Å². The first-order chi connectivity index (χ1) is 8.13. The second-order valence-corrected chi connectivity index (χ2v) is 4.78. The number of hydrogen-bond acceptors (Lipinski definition) is 2. The Morgan fingerprint density at radius 2 is 2.06 bits per heavy atom. The fourth-order valence-electron chi connectivity index (χ4n) is 1.42. The number of carboxylic acids is 1. The van der Waals surface area contributed by atoms with Crippen LogP contribution in [0.3, 0.4) is 0 Å². The number of rotatable bonds is 5. The number of alkyl halides is 3. The van der Waals surface area contributed by atoms with Gasteiger partial charge in [-0.05, 0) is 26.7 Å². The summed E-state index contributed by atoms with van der Waals surface area (Å²) in [6, 6.07) is 0. The van der Waals surface area contributed by atoms with E-state index < -0.39 is 23.1 Å². The van der Waals surface area contributed by atoms with Crippen LogP contribution in [0, 0.1) is 5.41 Å². The van der Waals surface area contributed by atoms with Gasteiger partial charge >= 0.3 is 12.1 Å². The molecule has 4 nitrogen and oxygen atoms in total. The molecule has 0 aliphatic heterocycles. The van der Waals surface area contributed by atoms with Crippen LogP contribution in [0.4, 0.5) is 13.2 Å². The van der Waals surface area contributed by atoms with Crippen LogP contribution in [-0.4, -0.2) is 20.9 Å². The van der Waals surface area contributed by atoms with E-state index in [0.29, 0.717) is 12.8 Å². The quantitative estimate of drug-likeness (QED) is 0.889. The maximum Gasteiger partial charge on any atom is 0.419 e. The molecule has 0 aliphatic rings. The number of aromatic nitrogens is 2. The second kappa shape index (κ2) is 4.99. The molecule has 1 heterocycles. The Bertz CT molecular complexity index is 424. The first-order valence-electron chi connectivity index (χ1n) is 5.46. The minimum Gasteiger partial charge on any atom is -0.481 e. The summed E-state index contributed by atoms with van der Waals surface area (Å²) >= 11 is 0. The van der Waals surface area contributed by atoms with E-state index in [1.165, 1.54) is 4.68 Å². The molecule has 1 N–H and O–H groups in total. The highest BCUT2D eigenvalue weighted by Gasteiger charge is 2.32. The third kappa shape index (κ3) is 3.75. The highest BCUT2D eigenvalue weighted by molar-refractivity contribution is 5.73. The van der Waals surface area contributed by atoms with Crippen molar-refractivity contribution in [3.05, 3.63) is 18.0 Å². The monoisotopic (exact) mass is 264 g/mol. The van der Waals surface area contributed by atoms with Crippen molar-refractivity contribution in [1.29, 1.82) is 0 Å². The first kappa shape index (κ1) is 14.5. The summed E-state index contributed by atoms with van der Waals surface area (Å²) in [5.41, 5.74) is -1.67. The van der Waals surface area contributed by atoms with Gasteiger partial charge in [-0.2, -0.15) is 18.3 Å². The third-order valence-corrected chi connectivity index (χ3v) is 2.73. The second-order valence-electron chi connectivity index (χ2n) is 4.78. The van der Waals surface area contributed by atoms with Crippen molar-refractivity contribution in [1.82, 2.24) is 9.78 Å². The van der Waals surface area contributed by atoms with Gasteiger partial charge in [0.25, 0.3) is 0 Å². The Hall–Kier alpha value is -1.53. The molecule has 0 unspecified atom stereocenters. The molecule has 1 aromatic heterocycles. The molecule has 0 atom stereocenters. The fourth-order valence-corrected chi connectivity index (χ4v) is 1.42. The molecule has 0 fully saturated rings. The highest BCUT2D eigenvalue weighted by Crippen LogP contribution is 2.28. The molecule has 18 heavy (non-hydrogen) atoms. The molecule has 0 aliphatic carbocycles. The number of carboxylic acid groups (broad SMARTS) is 1. The van der Waals surface area contributed by atoms with E-state index in [1.807, 2.05) is 0 Å². The summed E-state index contributed by atoms with van der Waals surface area (Å²) in [6.45, 7) is 3.44. The number of aliphatic carboxylic acids is 1. The van der Waals surface area contributed by atoms with Crippen LogP contribution in [0.25, 0.3) is 0 Å². The third-order valence-electron chi connectivity index (χ3n) is 2.73.